The zero-order chi connectivity index (χ0) is 13.9. The molecular formula is C10H15ClN4O2S. The van der Waals surface area contributed by atoms with Crippen molar-refractivity contribution in [2.24, 2.45) is 15.9 Å². The second-order valence-corrected chi connectivity index (χ2v) is 5.66. The van der Waals surface area contributed by atoms with Crippen LogP contribution >= 0.6 is 11.6 Å². The smallest absolute Gasteiger partial charge is 0.238 e. The Kier molecular flexibility index (Phi) is 4.55. The van der Waals surface area contributed by atoms with Crippen LogP contribution in [0.4, 0.5) is 11.4 Å². The number of alkyl halides is 1. The highest BCUT2D eigenvalue weighted by Gasteiger charge is 2.12. The number of benzene rings is 1. The van der Waals surface area contributed by atoms with Crippen molar-refractivity contribution in [3.8, 4) is 0 Å². The van der Waals surface area contributed by atoms with Gasteiger partial charge in [0.05, 0.1) is 22.2 Å². The first-order chi connectivity index (χ1) is 8.25. The molecule has 1 aromatic rings. The molecule has 18 heavy (non-hydrogen) atoms. The summed E-state index contributed by atoms with van der Waals surface area (Å²) in [4.78, 5) is 5.84. The number of hydrogen-bond acceptors (Lipinski definition) is 4. The second-order valence-electron chi connectivity index (χ2n) is 3.83. The number of primary sulfonamides is 1. The third kappa shape index (κ3) is 3.59. The van der Waals surface area contributed by atoms with E-state index < -0.39 is 10.0 Å². The first-order valence-electron chi connectivity index (χ1n) is 4.99. The number of nitrogens with zero attached hydrogens (tertiary/aromatic N) is 2. The molecule has 0 bridgehead atoms. The van der Waals surface area contributed by atoms with Crippen molar-refractivity contribution in [1.29, 1.82) is 0 Å². The molecule has 0 atom stereocenters. The molecule has 0 saturated carbocycles. The van der Waals surface area contributed by atoms with Gasteiger partial charge in [0, 0.05) is 14.1 Å². The topological polar surface area (TPSA) is 102 Å². The lowest BCUT2D eigenvalue weighted by Crippen LogP contribution is -2.15. The Morgan fingerprint density at radius 3 is 2.50 bits per heavy atom. The van der Waals surface area contributed by atoms with Gasteiger partial charge >= 0.3 is 0 Å². The van der Waals surface area contributed by atoms with Gasteiger partial charge in [-0.15, -0.1) is 11.6 Å². The first kappa shape index (κ1) is 14.7. The lowest BCUT2D eigenvalue weighted by Gasteiger charge is -2.16. The monoisotopic (exact) mass is 290 g/mol. The van der Waals surface area contributed by atoms with Crippen LogP contribution in [0, 0.1) is 0 Å². The van der Waals surface area contributed by atoms with Gasteiger partial charge in [0.15, 0.2) is 0 Å². The molecule has 0 aliphatic rings. The average Bonchev–Trinajstić information content (AvgIpc) is 2.27. The molecule has 100 valence electrons. The fraction of sp³-hybridized carbons (Fsp3) is 0.300. The van der Waals surface area contributed by atoms with Crippen LogP contribution in [-0.2, 0) is 10.0 Å². The minimum atomic E-state index is -3.77. The molecule has 0 aliphatic carbocycles. The van der Waals surface area contributed by atoms with Crippen molar-refractivity contribution < 1.29 is 8.42 Å². The van der Waals surface area contributed by atoms with Gasteiger partial charge in [0.25, 0.3) is 0 Å². The van der Waals surface area contributed by atoms with E-state index in [0.29, 0.717) is 5.69 Å². The Morgan fingerprint density at radius 1 is 1.44 bits per heavy atom. The largest absolute Gasteiger partial charge is 0.386 e. The summed E-state index contributed by atoms with van der Waals surface area (Å²) in [6.45, 7) is 0. The molecule has 8 heteroatoms. The van der Waals surface area contributed by atoms with E-state index in [1.807, 2.05) is 14.1 Å². The third-order valence-corrected chi connectivity index (χ3v) is 3.34. The van der Waals surface area contributed by atoms with Crippen molar-refractivity contribution in [3.05, 3.63) is 18.2 Å². The number of halogens is 1. The van der Waals surface area contributed by atoms with Crippen molar-refractivity contribution in [1.82, 2.24) is 0 Å². The summed E-state index contributed by atoms with van der Waals surface area (Å²) in [6.07, 6.45) is 0. The van der Waals surface area contributed by atoms with Crippen LogP contribution in [0.3, 0.4) is 0 Å². The molecule has 0 saturated heterocycles. The number of hydrogen-bond donors (Lipinski definition) is 2. The Bertz CT molecular complexity index is 569. The highest BCUT2D eigenvalue weighted by atomic mass is 35.5. The van der Waals surface area contributed by atoms with E-state index in [-0.39, 0.29) is 16.6 Å². The van der Waals surface area contributed by atoms with E-state index in [1.165, 1.54) is 12.1 Å². The van der Waals surface area contributed by atoms with E-state index >= 15 is 0 Å². The van der Waals surface area contributed by atoms with Crippen molar-refractivity contribution >= 4 is 38.8 Å². The van der Waals surface area contributed by atoms with E-state index in [2.05, 4.69) is 4.99 Å². The molecule has 0 heterocycles. The zero-order valence-electron chi connectivity index (χ0n) is 10.1. The van der Waals surface area contributed by atoms with Crippen LogP contribution in [0.15, 0.2) is 28.1 Å². The SMILES string of the molecule is CN(C)c1ccc(S(N)(=O)=O)cc1N=C(N)CCl. The quantitative estimate of drug-likeness (QED) is 0.482. The van der Waals surface area contributed by atoms with Gasteiger partial charge in [-0.1, -0.05) is 0 Å². The average molecular weight is 291 g/mol. The highest BCUT2D eigenvalue weighted by molar-refractivity contribution is 7.89. The molecule has 1 aromatic carbocycles. The molecule has 0 unspecified atom stereocenters. The molecular weight excluding hydrogens is 276 g/mol. The van der Waals surface area contributed by atoms with Gasteiger partial charge in [0.2, 0.25) is 10.0 Å². The van der Waals surface area contributed by atoms with Gasteiger partial charge in [-0.25, -0.2) is 18.5 Å². The molecule has 0 aromatic heterocycles. The van der Waals surface area contributed by atoms with E-state index in [1.54, 1.807) is 11.0 Å². The number of nitrogens with two attached hydrogens (primary N) is 2. The number of rotatable bonds is 4. The van der Waals surface area contributed by atoms with Gasteiger partial charge < -0.3 is 10.6 Å². The Hall–Kier alpha value is -1.31. The van der Waals surface area contributed by atoms with Crippen LogP contribution in [-0.4, -0.2) is 34.2 Å². The number of aliphatic imine (C=N–C) groups is 1. The molecule has 4 N–H and O–H groups in total. The first-order valence-corrected chi connectivity index (χ1v) is 7.07. The van der Waals surface area contributed by atoms with Gasteiger partial charge in [-0.05, 0) is 18.2 Å². The molecule has 0 radical (unpaired) electrons. The molecule has 0 spiro atoms. The van der Waals surface area contributed by atoms with Crippen molar-refractivity contribution in [2.75, 3.05) is 24.9 Å². The predicted octanol–water partition coefficient (Wildman–Crippen LogP) is 0.628. The minimum absolute atomic E-state index is 0.0192. The van der Waals surface area contributed by atoms with E-state index in [9.17, 15) is 8.42 Å². The van der Waals surface area contributed by atoms with E-state index in [0.717, 1.165) is 5.69 Å². The minimum Gasteiger partial charge on any atom is -0.386 e. The fourth-order valence-corrected chi connectivity index (χ4v) is 1.93. The summed E-state index contributed by atoms with van der Waals surface area (Å²) in [7, 11) is -0.157. The van der Waals surface area contributed by atoms with Crippen LogP contribution in [0.5, 0.6) is 0 Å². The normalized spacial score (nSPS) is 12.6. The lowest BCUT2D eigenvalue weighted by molar-refractivity contribution is 0.598. The lowest BCUT2D eigenvalue weighted by atomic mass is 10.2. The Balaban J connectivity index is 3.43. The second kappa shape index (κ2) is 5.55. The van der Waals surface area contributed by atoms with E-state index in [4.69, 9.17) is 22.5 Å². The molecule has 6 nitrogen and oxygen atoms in total. The molecule has 0 fully saturated rings. The third-order valence-electron chi connectivity index (χ3n) is 2.16. The summed E-state index contributed by atoms with van der Waals surface area (Å²) in [5, 5.41) is 5.07. The maximum Gasteiger partial charge on any atom is 0.238 e. The summed E-state index contributed by atoms with van der Waals surface area (Å²) in [6, 6.07) is 4.39. The van der Waals surface area contributed by atoms with Crippen LogP contribution in [0.2, 0.25) is 0 Å². The Labute approximate surface area is 111 Å². The molecule has 1 rings (SSSR count). The summed E-state index contributed by atoms with van der Waals surface area (Å²) in [5.74, 6) is 0.262. The highest BCUT2D eigenvalue weighted by Crippen LogP contribution is 2.29. The number of sulfonamides is 1. The summed E-state index contributed by atoms with van der Waals surface area (Å²) < 4.78 is 22.6. The summed E-state index contributed by atoms with van der Waals surface area (Å²) >= 11 is 5.55. The standard InChI is InChI=1S/C10H15ClN4O2S/c1-15(2)9-4-3-7(18(13,16)17)5-8(9)14-10(12)6-11/h3-5H,6H2,1-2H3,(H2,12,14)(H2,13,16,17). The molecule has 0 amide bonds. The molecule has 0 aliphatic heterocycles. The van der Waals surface area contributed by atoms with Crippen LogP contribution < -0.4 is 15.8 Å². The van der Waals surface area contributed by atoms with Crippen LogP contribution in [0.1, 0.15) is 0 Å². The number of anilines is 1. The number of amidine groups is 1. The van der Waals surface area contributed by atoms with Gasteiger partial charge in [0.1, 0.15) is 5.84 Å². The van der Waals surface area contributed by atoms with Gasteiger partial charge in [-0.3, -0.25) is 0 Å². The fourth-order valence-electron chi connectivity index (χ4n) is 1.33. The predicted molar refractivity (Wildman–Crippen MR) is 74.1 cm³/mol. The van der Waals surface area contributed by atoms with Gasteiger partial charge in [-0.2, -0.15) is 0 Å². The zero-order valence-corrected chi connectivity index (χ0v) is 11.7. The Morgan fingerprint density at radius 2 is 2.06 bits per heavy atom. The van der Waals surface area contributed by atoms with Crippen molar-refractivity contribution in [3.63, 3.8) is 0 Å². The maximum atomic E-state index is 11.3. The summed E-state index contributed by atoms with van der Waals surface area (Å²) in [5.41, 5.74) is 6.68. The van der Waals surface area contributed by atoms with Crippen LogP contribution in [0.25, 0.3) is 0 Å². The maximum absolute atomic E-state index is 11.3. The van der Waals surface area contributed by atoms with Crippen molar-refractivity contribution in [2.45, 2.75) is 4.90 Å².